The van der Waals surface area contributed by atoms with Crippen LogP contribution >= 0.6 is 0 Å². The van der Waals surface area contributed by atoms with E-state index in [4.69, 9.17) is 5.73 Å². The van der Waals surface area contributed by atoms with E-state index in [0.29, 0.717) is 6.04 Å². The van der Waals surface area contributed by atoms with Crippen molar-refractivity contribution in [3.8, 4) is 0 Å². The lowest BCUT2D eigenvalue weighted by Gasteiger charge is -2.34. The molecular formula is C12H25N3O. The van der Waals surface area contributed by atoms with Gasteiger partial charge in [-0.25, -0.2) is 0 Å². The van der Waals surface area contributed by atoms with Crippen molar-refractivity contribution in [2.45, 2.75) is 37.8 Å². The fourth-order valence-electron chi connectivity index (χ4n) is 2.60. The molecule has 2 aliphatic rings. The first-order chi connectivity index (χ1) is 7.74. The van der Waals surface area contributed by atoms with E-state index in [-0.39, 0.29) is 6.10 Å². The van der Waals surface area contributed by atoms with Gasteiger partial charge < -0.3 is 20.6 Å². The molecule has 0 atom stereocenters. The molecule has 2 fully saturated rings. The van der Waals surface area contributed by atoms with Gasteiger partial charge in [0, 0.05) is 32.2 Å². The molecule has 0 aromatic rings. The van der Waals surface area contributed by atoms with Crippen molar-refractivity contribution >= 4 is 0 Å². The van der Waals surface area contributed by atoms with Crippen molar-refractivity contribution in [2.24, 2.45) is 5.73 Å². The molecule has 0 saturated carbocycles. The number of nitrogens with two attached hydrogens (primary N) is 1. The van der Waals surface area contributed by atoms with Crippen molar-refractivity contribution < 1.29 is 5.11 Å². The standard InChI is InChI=1S/C12H25N3O/c13-11-1-5-14(6-2-11)9-10-15-7-3-12(16)4-8-15/h11-12,16H,1-10,13H2. The Morgan fingerprint density at radius 1 is 0.875 bits per heavy atom. The van der Waals surface area contributed by atoms with Gasteiger partial charge >= 0.3 is 0 Å². The predicted octanol–water partition coefficient (Wildman–Crippen LogP) is -0.134. The first-order valence-corrected chi connectivity index (χ1v) is 6.62. The normalized spacial score (nSPS) is 27.4. The fourth-order valence-corrected chi connectivity index (χ4v) is 2.60. The Morgan fingerprint density at radius 2 is 1.31 bits per heavy atom. The average molecular weight is 227 g/mol. The van der Waals surface area contributed by atoms with Crippen LogP contribution in [0.25, 0.3) is 0 Å². The quantitative estimate of drug-likeness (QED) is 0.705. The zero-order valence-electron chi connectivity index (χ0n) is 10.1. The molecule has 4 nitrogen and oxygen atoms in total. The van der Waals surface area contributed by atoms with Gasteiger partial charge in [0.1, 0.15) is 0 Å². The summed E-state index contributed by atoms with van der Waals surface area (Å²) in [6.45, 7) is 6.78. The van der Waals surface area contributed by atoms with Crippen LogP contribution in [-0.2, 0) is 0 Å². The second-order valence-corrected chi connectivity index (χ2v) is 5.25. The smallest absolute Gasteiger partial charge is 0.0564 e. The highest BCUT2D eigenvalue weighted by molar-refractivity contribution is 4.76. The molecule has 0 spiro atoms. The number of rotatable bonds is 3. The number of hydrogen-bond acceptors (Lipinski definition) is 4. The third-order valence-corrected chi connectivity index (χ3v) is 3.92. The minimum absolute atomic E-state index is 0.0516. The topological polar surface area (TPSA) is 52.7 Å². The van der Waals surface area contributed by atoms with E-state index in [1.165, 1.54) is 6.54 Å². The molecular weight excluding hydrogens is 202 g/mol. The Hall–Kier alpha value is -0.160. The van der Waals surface area contributed by atoms with Crippen molar-refractivity contribution in [3.05, 3.63) is 0 Å². The Bertz CT molecular complexity index is 174. The minimum Gasteiger partial charge on any atom is -0.393 e. The Balaban J connectivity index is 1.60. The Labute approximate surface area is 98.4 Å². The first kappa shape index (κ1) is 12.3. The molecule has 0 amide bonds. The van der Waals surface area contributed by atoms with Gasteiger partial charge in [0.05, 0.1) is 6.10 Å². The van der Waals surface area contributed by atoms with Gasteiger partial charge in [-0.1, -0.05) is 0 Å². The number of piperidine rings is 2. The molecule has 0 unspecified atom stereocenters. The molecule has 0 aliphatic carbocycles. The van der Waals surface area contributed by atoms with Crippen LogP contribution in [0.3, 0.4) is 0 Å². The summed E-state index contributed by atoms with van der Waals surface area (Å²) in [6.07, 6.45) is 4.15. The van der Waals surface area contributed by atoms with Crippen LogP contribution in [0.15, 0.2) is 0 Å². The van der Waals surface area contributed by atoms with Gasteiger partial charge in [0.2, 0.25) is 0 Å². The van der Waals surface area contributed by atoms with Gasteiger partial charge in [0.15, 0.2) is 0 Å². The van der Waals surface area contributed by atoms with Crippen LogP contribution in [0, 0.1) is 0 Å². The van der Waals surface area contributed by atoms with Crippen molar-refractivity contribution in [1.82, 2.24) is 9.80 Å². The average Bonchev–Trinajstić information content (AvgIpc) is 2.30. The highest BCUT2D eigenvalue weighted by atomic mass is 16.3. The summed E-state index contributed by atoms with van der Waals surface area (Å²) >= 11 is 0. The van der Waals surface area contributed by atoms with Crippen molar-refractivity contribution in [3.63, 3.8) is 0 Å². The van der Waals surface area contributed by atoms with Gasteiger partial charge in [-0.2, -0.15) is 0 Å². The largest absolute Gasteiger partial charge is 0.393 e. The minimum atomic E-state index is -0.0516. The zero-order chi connectivity index (χ0) is 11.4. The highest BCUT2D eigenvalue weighted by Gasteiger charge is 2.19. The number of likely N-dealkylation sites (tertiary alicyclic amines) is 2. The van der Waals surface area contributed by atoms with Crippen LogP contribution in [-0.4, -0.2) is 66.3 Å². The molecule has 3 N–H and O–H groups in total. The third-order valence-electron chi connectivity index (χ3n) is 3.92. The maximum absolute atomic E-state index is 9.42. The summed E-state index contributed by atoms with van der Waals surface area (Å²) in [5.41, 5.74) is 5.89. The lowest BCUT2D eigenvalue weighted by molar-refractivity contribution is 0.0745. The molecule has 16 heavy (non-hydrogen) atoms. The van der Waals surface area contributed by atoms with Gasteiger partial charge in [-0.05, 0) is 38.8 Å². The molecule has 2 heterocycles. The molecule has 0 aromatic carbocycles. The molecule has 0 aromatic heterocycles. The summed E-state index contributed by atoms with van der Waals surface area (Å²) in [6, 6.07) is 0.432. The molecule has 0 bridgehead atoms. The van der Waals surface area contributed by atoms with E-state index >= 15 is 0 Å². The van der Waals surface area contributed by atoms with E-state index in [9.17, 15) is 5.11 Å². The SMILES string of the molecule is NC1CCN(CCN2CCC(O)CC2)CC1. The van der Waals surface area contributed by atoms with Crippen molar-refractivity contribution in [2.75, 3.05) is 39.3 Å². The monoisotopic (exact) mass is 227 g/mol. The van der Waals surface area contributed by atoms with Crippen LogP contribution in [0.2, 0.25) is 0 Å². The number of aliphatic hydroxyl groups is 1. The predicted molar refractivity (Wildman–Crippen MR) is 65.3 cm³/mol. The van der Waals surface area contributed by atoms with E-state index in [1.54, 1.807) is 0 Å². The lowest BCUT2D eigenvalue weighted by Crippen LogP contribution is -2.45. The summed E-state index contributed by atoms with van der Waals surface area (Å²) in [5, 5.41) is 9.42. The summed E-state index contributed by atoms with van der Waals surface area (Å²) in [5.74, 6) is 0. The molecule has 4 heteroatoms. The summed E-state index contributed by atoms with van der Waals surface area (Å²) < 4.78 is 0. The van der Waals surface area contributed by atoms with Crippen LogP contribution < -0.4 is 5.73 Å². The number of hydrogen-bond donors (Lipinski definition) is 2. The number of aliphatic hydroxyl groups excluding tert-OH is 1. The zero-order valence-corrected chi connectivity index (χ0v) is 10.1. The van der Waals surface area contributed by atoms with E-state index in [0.717, 1.165) is 58.4 Å². The second-order valence-electron chi connectivity index (χ2n) is 5.25. The molecule has 2 saturated heterocycles. The van der Waals surface area contributed by atoms with E-state index in [1.807, 2.05) is 0 Å². The Morgan fingerprint density at radius 3 is 1.81 bits per heavy atom. The van der Waals surface area contributed by atoms with E-state index < -0.39 is 0 Å². The van der Waals surface area contributed by atoms with Crippen LogP contribution in [0.4, 0.5) is 0 Å². The maximum atomic E-state index is 9.42. The molecule has 0 radical (unpaired) electrons. The highest BCUT2D eigenvalue weighted by Crippen LogP contribution is 2.11. The van der Waals surface area contributed by atoms with E-state index in [2.05, 4.69) is 9.80 Å². The number of nitrogens with zero attached hydrogens (tertiary/aromatic N) is 2. The van der Waals surface area contributed by atoms with Gasteiger partial charge in [-0.15, -0.1) is 0 Å². The molecule has 94 valence electrons. The van der Waals surface area contributed by atoms with Crippen LogP contribution in [0.1, 0.15) is 25.7 Å². The molecule has 2 aliphatic heterocycles. The van der Waals surface area contributed by atoms with Crippen LogP contribution in [0.5, 0.6) is 0 Å². The lowest BCUT2D eigenvalue weighted by atomic mass is 10.1. The Kier molecular flexibility index (Phi) is 4.58. The third kappa shape index (κ3) is 3.70. The first-order valence-electron chi connectivity index (χ1n) is 6.62. The molecule has 2 rings (SSSR count). The van der Waals surface area contributed by atoms with Gasteiger partial charge in [0.25, 0.3) is 0 Å². The summed E-state index contributed by atoms with van der Waals surface area (Å²) in [7, 11) is 0. The maximum Gasteiger partial charge on any atom is 0.0564 e. The summed E-state index contributed by atoms with van der Waals surface area (Å²) in [4.78, 5) is 5.00. The van der Waals surface area contributed by atoms with Gasteiger partial charge in [-0.3, -0.25) is 0 Å². The second kappa shape index (κ2) is 5.96. The van der Waals surface area contributed by atoms with Crippen molar-refractivity contribution in [1.29, 1.82) is 0 Å². The fraction of sp³-hybridized carbons (Fsp3) is 1.00.